The van der Waals surface area contributed by atoms with Crippen LogP contribution in [0.15, 0.2) is 79.4 Å². The van der Waals surface area contributed by atoms with Crippen molar-refractivity contribution < 1.29 is 4.74 Å². The zero-order chi connectivity index (χ0) is 19.6. The first-order chi connectivity index (χ1) is 13.8. The van der Waals surface area contributed by atoms with Gasteiger partial charge in [-0.1, -0.05) is 18.2 Å². The van der Waals surface area contributed by atoms with Crippen molar-refractivity contribution in [3.8, 4) is 5.88 Å². The lowest BCUT2D eigenvalue weighted by Gasteiger charge is -2.10. The van der Waals surface area contributed by atoms with Crippen molar-refractivity contribution >= 4 is 22.3 Å². The van der Waals surface area contributed by atoms with Gasteiger partial charge in [0.1, 0.15) is 5.52 Å². The Morgan fingerprint density at radius 1 is 0.893 bits per heavy atom. The van der Waals surface area contributed by atoms with Crippen LogP contribution in [0.5, 0.6) is 5.88 Å². The van der Waals surface area contributed by atoms with Crippen LogP contribution in [0.25, 0.3) is 10.9 Å². The SMILES string of the molecule is COc1nccc2c(Nc3ccccc3)ccnc12.NCCc1ccncc1. The monoisotopic (exact) mass is 373 g/mol. The van der Waals surface area contributed by atoms with Gasteiger partial charge in [0, 0.05) is 41.5 Å². The topological polar surface area (TPSA) is 86.0 Å². The molecule has 4 rings (SSSR count). The zero-order valence-electron chi connectivity index (χ0n) is 15.7. The average Bonchev–Trinajstić information content (AvgIpc) is 2.76. The molecule has 0 radical (unpaired) electrons. The fraction of sp³-hybridized carbons (Fsp3) is 0.136. The minimum absolute atomic E-state index is 0.536. The van der Waals surface area contributed by atoms with Gasteiger partial charge in [-0.25, -0.2) is 4.98 Å². The summed E-state index contributed by atoms with van der Waals surface area (Å²) in [4.78, 5) is 12.4. The first kappa shape index (κ1) is 19.3. The van der Waals surface area contributed by atoms with E-state index in [0.717, 1.165) is 28.7 Å². The Bertz CT molecular complexity index is 993. The standard InChI is InChI=1S/C15H13N3O.C7H10N2/c1-19-15-14-12(7-9-17-15)13(8-10-16-14)18-11-5-3-2-4-6-11;8-4-1-7-2-5-9-6-3-7/h2-10H,1H3,(H,16,18);2-3,5-6H,1,4,8H2. The van der Waals surface area contributed by atoms with E-state index in [1.54, 1.807) is 31.9 Å². The molecule has 0 bridgehead atoms. The van der Waals surface area contributed by atoms with Crippen LogP contribution in [0.4, 0.5) is 11.4 Å². The first-order valence-corrected chi connectivity index (χ1v) is 9.00. The summed E-state index contributed by atoms with van der Waals surface area (Å²) in [6, 6.07) is 17.8. The summed E-state index contributed by atoms with van der Waals surface area (Å²) in [5.41, 5.74) is 9.37. The molecule has 4 aromatic rings. The zero-order valence-corrected chi connectivity index (χ0v) is 15.7. The van der Waals surface area contributed by atoms with Gasteiger partial charge in [0.15, 0.2) is 0 Å². The second-order valence-electron chi connectivity index (χ2n) is 5.96. The number of benzene rings is 1. The fourth-order valence-corrected chi connectivity index (χ4v) is 2.70. The van der Waals surface area contributed by atoms with Crippen molar-refractivity contribution in [1.82, 2.24) is 15.0 Å². The minimum Gasteiger partial charge on any atom is -0.479 e. The third kappa shape index (κ3) is 5.02. The number of pyridine rings is 3. The number of hydrogen-bond donors (Lipinski definition) is 2. The van der Waals surface area contributed by atoms with Gasteiger partial charge >= 0.3 is 0 Å². The van der Waals surface area contributed by atoms with Gasteiger partial charge < -0.3 is 15.8 Å². The predicted octanol–water partition coefficient (Wildman–Crippen LogP) is 3.96. The maximum absolute atomic E-state index is 5.34. The van der Waals surface area contributed by atoms with Crippen molar-refractivity contribution in [1.29, 1.82) is 0 Å². The smallest absolute Gasteiger partial charge is 0.240 e. The number of anilines is 2. The highest BCUT2D eigenvalue weighted by molar-refractivity contribution is 5.95. The molecule has 0 aliphatic carbocycles. The number of nitrogens with one attached hydrogen (secondary N) is 1. The lowest BCUT2D eigenvalue weighted by atomic mass is 10.2. The van der Waals surface area contributed by atoms with E-state index in [2.05, 4.69) is 20.3 Å². The van der Waals surface area contributed by atoms with Crippen LogP contribution in [-0.4, -0.2) is 28.6 Å². The van der Waals surface area contributed by atoms with Crippen molar-refractivity contribution in [3.05, 3.63) is 84.9 Å². The van der Waals surface area contributed by atoms with Crippen molar-refractivity contribution in [2.75, 3.05) is 19.0 Å². The van der Waals surface area contributed by atoms with Crippen LogP contribution in [0.1, 0.15) is 5.56 Å². The van der Waals surface area contributed by atoms with Crippen molar-refractivity contribution in [2.45, 2.75) is 6.42 Å². The van der Waals surface area contributed by atoms with Crippen LogP contribution < -0.4 is 15.8 Å². The molecule has 0 saturated heterocycles. The molecule has 0 saturated carbocycles. The first-order valence-electron chi connectivity index (χ1n) is 9.00. The average molecular weight is 373 g/mol. The molecule has 3 heterocycles. The van der Waals surface area contributed by atoms with Gasteiger partial charge in [-0.3, -0.25) is 9.97 Å². The largest absolute Gasteiger partial charge is 0.479 e. The molecule has 0 amide bonds. The number of methoxy groups -OCH3 is 1. The predicted molar refractivity (Wildman–Crippen MR) is 113 cm³/mol. The van der Waals surface area contributed by atoms with Crippen molar-refractivity contribution in [3.63, 3.8) is 0 Å². The normalized spacial score (nSPS) is 10.1. The number of fused-ring (bicyclic) bond motifs is 1. The van der Waals surface area contributed by atoms with Crippen LogP contribution in [0, 0.1) is 0 Å². The quantitative estimate of drug-likeness (QED) is 0.551. The van der Waals surface area contributed by atoms with E-state index in [-0.39, 0.29) is 0 Å². The van der Waals surface area contributed by atoms with Crippen LogP contribution in [0.3, 0.4) is 0 Å². The Labute approximate surface area is 164 Å². The van der Waals surface area contributed by atoms with Gasteiger partial charge in [-0.2, -0.15) is 0 Å². The van der Waals surface area contributed by atoms with E-state index in [4.69, 9.17) is 10.5 Å². The van der Waals surface area contributed by atoms with E-state index < -0.39 is 0 Å². The van der Waals surface area contributed by atoms with Crippen molar-refractivity contribution in [2.24, 2.45) is 5.73 Å². The summed E-state index contributed by atoms with van der Waals surface area (Å²) in [6.07, 6.45) is 7.98. The second-order valence-corrected chi connectivity index (χ2v) is 5.96. The minimum atomic E-state index is 0.536. The number of nitrogens with two attached hydrogens (primary N) is 1. The summed E-state index contributed by atoms with van der Waals surface area (Å²) in [6.45, 7) is 0.712. The molecule has 6 nitrogen and oxygen atoms in total. The van der Waals surface area contributed by atoms with E-state index in [1.165, 1.54) is 5.56 Å². The third-order valence-corrected chi connectivity index (χ3v) is 4.05. The molecular weight excluding hydrogens is 350 g/mol. The summed E-state index contributed by atoms with van der Waals surface area (Å²) in [5.74, 6) is 0.536. The number of para-hydroxylation sites is 1. The Balaban J connectivity index is 0.000000211. The maximum Gasteiger partial charge on any atom is 0.240 e. The Morgan fingerprint density at radius 3 is 2.36 bits per heavy atom. The number of nitrogens with zero attached hydrogens (tertiary/aromatic N) is 3. The molecule has 3 N–H and O–H groups in total. The Hall–Kier alpha value is -3.51. The van der Waals surface area contributed by atoms with Gasteiger partial charge in [0.2, 0.25) is 5.88 Å². The van der Waals surface area contributed by atoms with Crippen LogP contribution in [-0.2, 0) is 6.42 Å². The molecule has 0 aliphatic heterocycles. The number of ether oxygens (including phenoxy) is 1. The molecule has 1 aromatic carbocycles. The Kier molecular flexibility index (Phi) is 6.87. The number of aromatic nitrogens is 3. The molecule has 28 heavy (non-hydrogen) atoms. The molecule has 0 atom stereocenters. The molecule has 3 aromatic heterocycles. The van der Waals surface area contributed by atoms with Gasteiger partial charge in [0.25, 0.3) is 0 Å². The van der Waals surface area contributed by atoms with Gasteiger partial charge in [-0.15, -0.1) is 0 Å². The highest BCUT2D eigenvalue weighted by Crippen LogP contribution is 2.28. The third-order valence-electron chi connectivity index (χ3n) is 4.05. The molecule has 0 unspecified atom stereocenters. The van der Waals surface area contributed by atoms with E-state index >= 15 is 0 Å². The number of rotatable bonds is 5. The molecule has 0 aliphatic rings. The number of hydrogen-bond acceptors (Lipinski definition) is 6. The molecular formula is C22H23N5O. The highest BCUT2D eigenvalue weighted by Gasteiger charge is 2.07. The molecule has 0 spiro atoms. The summed E-state index contributed by atoms with van der Waals surface area (Å²) in [7, 11) is 1.60. The lowest BCUT2D eigenvalue weighted by Crippen LogP contribution is -2.02. The highest BCUT2D eigenvalue weighted by atomic mass is 16.5. The van der Waals surface area contributed by atoms with E-state index in [9.17, 15) is 0 Å². The second kappa shape index (κ2) is 9.99. The van der Waals surface area contributed by atoms with Gasteiger partial charge in [-0.05, 0) is 54.9 Å². The molecule has 6 heteroatoms. The lowest BCUT2D eigenvalue weighted by molar-refractivity contribution is 0.402. The maximum atomic E-state index is 5.34. The Morgan fingerprint density at radius 2 is 1.64 bits per heavy atom. The summed E-state index contributed by atoms with van der Waals surface area (Å²) >= 11 is 0. The van der Waals surface area contributed by atoms with Crippen LogP contribution in [0.2, 0.25) is 0 Å². The van der Waals surface area contributed by atoms with Crippen LogP contribution >= 0.6 is 0 Å². The van der Waals surface area contributed by atoms with E-state index in [0.29, 0.717) is 12.4 Å². The fourth-order valence-electron chi connectivity index (χ4n) is 2.70. The molecule has 142 valence electrons. The summed E-state index contributed by atoms with van der Waals surface area (Å²) in [5, 5.41) is 4.36. The molecule has 0 fully saturated rings. The van der Waals surface area contributed by atoms with E-state index in [1.807, 2.05) is 54.6 Å². The summed E-state index contributed by atoms with van der Waals surface area (Å²) < 4.78 is 5.23. The van der Waals surface area contributed by atoms with Gasteiger partial charge in [0.05, 0.1) is 7.11 Å².